The number of carbonyl (C=O) groups excluding carboxylic acids is 2. The van der Waals surface area contributed by atoms with Crippen molar-refractivity contribution in [2.75, 3.05) is 13.2 Å². The van der Waals surface area contributed by atoms with E-state index >= 15 is 0 Å². The van der Waals surface area contributed by atoms with Crippen LogP contribution in [0.5, 0.6) is 11.5 Å². The Bertz CT molecular complexity index is 1100. The molecule has 1 amide bonds. The third kappa shape index (κ3) is 4.93. The van der Waals surface area contributed by atoms with Gasteiger partial charge in [-0.15, -0.1) is 0 Å². The van der Waals surface area contributed by atoms with Gasteiger partial charge < -0.3 is 19.5 Å². The minimum atomic E-state index is -0.644. The van der Waals surface area contributed by atoms with E-state index in [0.29, 0.717) is 30.3 Å². The number of rotatable bonds is 8. The van der Waals surface area contributed by atoms with Gasteiger partial charge in [-0.1, -0.05) is 50.5 Å². The first-order valence-electron chi connectivity index (χ1n) is 12.8. The largest absolute Gasteiger partial charge is 0.507 e. The molecule has 2 aromatic carbocycles. The number of hydrogen-bond acceptors (Lipinski definition) is 5. The molecule has 35 heavy (non-hydrogen) atoms. The molecule has 0 bridgehead atoms. The molecule has 0 radical (unpaired) electrons. The smallest absolute Gasteiger partial charge is 0.295 e. The molecule has 0 spiro atoms. The summed E-state index contributed by atoms with van der Waals surface area (Å²) >= 11 is 0. The zero-order valence-electron chi connectivity index (χ0n) is 20.9. The molecule has 2 fully saturated rings. The molecule has 6 nitrogen and oxygen atoms in total. The van der Waals surface area contributed by atoms with Crippen molar-refractivity contribution >= 4 is 17.4 Å². The summed E-state index contributed by atoms with van der Waals surface area (Å²) in [6.45, 7) is 6.72. The summed E-state index contributed by atoms with van der Waals surface area (Å²) in [6, 6.07) is 12.5. The van der Waals surface area contributed by atoms with Crippen LogP contribution in [0.25, 0.3) is 5.76 Å². The number of hydrogen-bond donors (Lipinski definition) is 1. The molecule has 1 aliphatic heterocycles. The number of ketones is 1. The van der Waals surface area contributed by atoms with Crippen LogP contribution in [0.2, 0.25) is 0 Å². The van der Waals surface area contributed by atoms with Gasteiger partial charge in [-0.25, -0.2) is 0 Å². The summed E-state index contributed by atoms with van der Waals surface area (Å²) in [5.41, 5.74) is 2.51. The third-order valence-electron chi connectivity index (χ3n) is 6.97. The number of amides is 1. The normalized spacial score (nSPS) is 20.3. The first kappa shape index (κ1) is 24.8. The second kappa shape index (κ2) is 11.0. The van der Waals surface area contributed by atoms with Gasteiger partial charge in [0.1, 0.15) is 17.3 Å². The lowest BCUT2D eigenvalue weighted by Crippen LogP contribution is -2.40. The van der Waals surface area contributed by atoms with Crippen molar-refractivity contribution in [2.45, 2.75) is 71.4 Å². The van der Waals surface area contributed by atoms with Gasteiger partial charge in [0.05, 0.1) is 30.4 Å². The van der Waals surface area contributed by atoms with Gasteiger partial charge in [0, 0.05) is 12.1 Å². The molecule has 1 aliphatic carbocycles. The van der Waals surface area contributed by atoms with Crippen molar-refractivity contribution in [3.8, 4) is 11.5 Å². The van der Waals surface area contributed by atoms with Crippen LogP contribution >= 0.6 is 0 Å². The van der Waals surface area contributed by atoms with E-state index in [1.54, 1.807) is 23.1 Å². The number of aliphatic hydroxyl groups excluding tert-OH is 1. The lowest BCUT2D eigenvalue weighted by Gasteiger charge is -2.35. The summed E-state index contributed by atoms with van der Waals surface area (Å²) < 4.78 is 11.4. The highest BCUT2D eigenvalue weighted by molar-refractivity contribution is 6.46. The number of benzene rings is 2. The van der Waals surface area contributed by atoms with E-state index < -0.39 is 17.7 Å². The van der Waals surface area contributed by atoms with Crippen molar-refractivity contribution in [1.82, 2.24) is 4.90 Å². The van der Waals surface area contributed by atoms with Crippen molar-refractivity contribution in [1.29, 1.82) is 0 Å². The van der Waals surface area contributed by atoms with Gasteiger partial charge in [-0.05, 0) is 56.4 Å². The topological polar surface area (TPSA) is 76.1 Å². The number of Topliss-reactive ketones (excluding diaryl/α,β-unsaturated/α-hetero) is 1. The summed E-state index contributed by atoms with van der Waals surface area (Å²) in [6.07, 6.45) is 5.83. The molecule has 1 saturated heterocycles. The molecule has 1 N–H and O–H groups in total. The molecule has 1 heterocycles. The van der Waals surface area contributed by atoms with Crippen molar-refractivity contribution in [3.63, 3.8) is 0 Å². The highest BCUT2D eigenvalue weighted by Crippen LogP contribution is 2.44. The van der Waals surface area contributed by atoms with Crippen molar-refractivity contribution < 1.29 is 24.2 Å². The van der Waals surface area contributed by atoms with Gasteiger partial charge in [0.2, 0.25) is 0 Å². The van der Waals surface area contributed by atoms with E-state index in [4.69, 9.17) is 9.47 Å². The molecule has 2 aliphatic rings. The van der Waals surface area contributed by atoms with E-state index in [0.717, 1.165) is 44.1 Å². The second-order valence-electron chi connectivity index (χ2n) is 9.12. The van der Waals surface area contributed by atoms with Crippen LogP contribution in [-0.4, -0.2) is 41.0 Å². The zero-order valence-corrected chi connectivity index (χ0v) is 20.9. The molecular formula is C29H35NO5. The fraction of sp³-hybridized carbons (Fsp3) is 0.448. The molecule has 1 unspecified atom stereocenters. The maximum Gasteiger partial charge on any atom is 0.295 e. The molecule has 1 atom stereocenters. The van der Waals surface area contributed by atoms with Crippen LogP contribution in [0, 0.1) is 0 Å². The summed E-state index contributed by atoms with van der Waals surface area (Å²) in [4.78, 5) is 28.6. The Kier molecular flexibility index (Phi) is 7.79. The monoisotopic (exact) mass is 477 g/mol. The Hall–Kier alpha value is -3.28. The molecule has 6 heteroatoms. The second-order valence-corrected chi connectivity index (χ2v) is 9.12. The maximum atomic E-state index is 13.4. The lowest BCUT2D eigenvalue weighted by molar-refractivity contribution is -0.141. The minimum Gasteiger partial charge on any atom is -0.507 e. The Morgan fingerprint density at radius 1 is 0.943 bits per heavy atom. The van der Waals surface area contributed by atoms with Gasteiger partial charge in [0.25, 0.3) is 11.7 Å². The standard InChI is InChI=1S/C29H35NO5/c1-4-19-12-14-20(15-13-19)26-25(28(32)29(33)30(26)21-10-8-7-9-11-21)27(31)23-17-16-22(34-5-2)18-24(23)35-6-3/h12-18,21,26,31H,4-11H2,1-3H3/b27-25-. The Labute approximate surface area is 207 Å². The Morgan fingerprint density at radius 3 is 2.26 bits per heavy atom. The minimum absolute atomic E-state index is 0.0203. The summed E-state index contributed by atoms with van der Waals surface area (Å²) in [5.74, 6) is -0.361. The molecule has 186 valence electrons. The van der Waals surface area contributed by atoms with E-state index in [1.807, 2.05) is 38.1 Å². The number of carbonyl (C=O) groups is 2. The van der Waals surface area contributed by atoms with Crippen LogP contribution in [0.1, 0.15) is 75.6 Å². The Morgan fingerprint density at radius 2 is 1.63 bits per heavy atom. The van der Waals surface area contributed by atoms with Gasteiger partial charge >= 0.3 is 0 Å². The van der Waals surface area contributed by atoms with Crippen molar-refractivity contribution in [2.24, 2.45) is 0 Å². The van der Waals surface area contributed by atoms with Crippen LogP contribution in [-0.2, 0) is 16.0 Å². The molecular weight excluding hydrogens is 442 g/mol. The highest BCUT2D eigenvalue weighted by atomic mass is 16.5. The zero-order chi connectivity index (χ0) is 24.9. The predicted octanol–water partition coefficient (Wildman–Crippen LogP) is 5.80. The third-order valence-corrected chi connectivity index (χ3v) is 6.97. The molecule has 2 aromatic rings. The molecule has 0 aromatic heterocycles. The predicted molar refractivity (Wildman–Crippen MR) is 136 cm³/mol. The number of likely N-dealkylation sites (tertiary alicyclic amines) is 1. The van der Waals surface area contributed by atoms with Crippen molar-refractivity contribution in [3.05, 3.63) is 64.7 Å². The first-order valence-corrected chi connectivity index (χ1v) is 12.8. The van der Waals surface area contributed by atoms with Crippen LogP contribution in [0.4, 0.5) is 0 Å². The lowest BCUT2D eigenvalue weighted by atomic mass is 9.90. The number of ether oxygens (including phenoxy) is 2. The van der Waals surface area contributed by atoms with Crippen LogP contribution in [0.3, 0.4) is 0 Å². The SMILES string of the molecule is CCOc1ccc(/C(O)=C2/C(=O)C(=O)N(C3CCCCC3)C2c2ccc(CC)cc2)c(OCC)c1. The average Bonchev–Trinajstić information content (AvgIpc) is 3.15. The van der Waals surface area contributed by atoms with Gasteiger partial charge in [-0.2, -0.15) is 0 Å². The summed E-state index contributed by atoms with van der Waals surface area (Å²) in [7, 11) is 0. The average molecular weight is 478 g/mol. The van der Waals surface area contributed by atoms with E-state index in [9.17, 15) is 14.7 Å². The summed E-state index contributed by atoms with van der Waals surface area (Å²) in [5, 5.41) is 11.5. The number of aliphatic hydroxyl groups is 1. The fourth-order valence-corrected chi connectivity index (χ4v) is 5.22. The van der Waals surface area contributed by atoms with Crippen LogP contribution in [0.15, 0.2) is 48.0 Å². The van der Waals surface area contributed by atoms with E-state index in [1.165, 1.54) is 5.56 Å². The fourth-order valence-electron chi connectivity index (χ4n) is 5.22. The van der Waals surface area contributed by atoms with E-state index in [2.05, 4.69) is 6.92 Å². The maximum absolute atomic E-state index is 13.4. The molecule has 4 rings (SSSR count). The molecule has 1 saturated carbocycles. The number of aryl methyl sites for hydroxylation is 1. The van der Waals surface area contributed by atoms with E-state index in [-0.39, 0.29) is 17.4 Å². The van der Waals surface area contributed by atoms with Crippen LogP contribution < -0.4 is 9.47 Å². The van der Waals surface area contributed by atoms with Gasteiger partial charge in [-0.3, -0.25) is 9.59 Å². The number of nitrogens with zero attached hydrogens (tertiary/aromatic N) is 1. The highest BCUT2D eigenvalue weighted by Gasteiger charge is 2.49. The van der Waals surface area contributed by atoms with Gasteiger partial charge in [0.15, 0.2) is 0 Å². The Balaban J connectivity index is 1.87. The first-order chi connectivity index (χ1) is 17.0. The quantitative estimate of drug-likeness (QED) is 0.295.